The van der Waals surface area contributed by atoms with Crippen LogP contribution < -0.4 is 11.1 Å². The van der Waals surface area contributed by atoms with Crippen molar-refractivity contribution in [1.82, 2.24) is 5.32 Å². The van der Waals surface area contributed by atoms with Crippen LogP contribution >= 0.6 is 0 Å². The Morgan fingerprint density at radius 2 is 2.21 bits per heavy atom. The molecule has 0 aromatic heterocycles. The van der Waals surface area contributed by atoms with E-state index in [2.05, 4.69) is 5.32 Å². The molecule has 19 heavy (non-hydrogen) atoms. The Labute approximate surface area is 110 Å². The van der Waals surface area contributed by atoms with Gasteiger partial charge in [0.05, 0.1) is 6.61 Å². The SMILES string of the molecule is N[C@@H](C=O)[C@@H](OC(=O)[C@@H]1CCCN1)[C@@H](O)[C@H](O)CO. The van der Waals surface area contributed by atoms with Crippen LogP contribution in [0.5, 0.6) is 0 Å². The van der Waals surface area contributed by atoms with E-state index in [-0.39, 0.29) is 0 Å². The fourth-order valence-electron chi connectivity index (χ4n) is 1.88. The molecule has 0 radical (unpaired) electrons. The van der Waals surface area contributed by atoms with E-state index in [0.29, 0.717) is 19.3 Å². The Hall–Kier alpha value is -1.06. The Morgan fingerprint density at radius 1 is 1.53 bits per heavy atom. The molecule has 1 saturated heterocycles. The average molecular weight is 276 g/mol. The number of esters is 1. The van der Waals surface area contributed by atoms with E-state index in [0.717, 1.165) is 6.42 Å². The number of hydrogen-bond acceptors (Lipinski definition) is 8. The highest BCUT2D eigenvalue weighted by Crippen LogP contribution is 2.12. The first-order valence-electron chi connectivity index (χ1n) is 6.13. The molecule has 1 aliphatic heterocycles. The topological polar surface area (TPSA) is 142 Å². The van der Waals surface area contributed by atoms with Crippen LogP contribution in [0.1, 0.15) is 12.8 Å². The molecule has 1 aliphatic rings. The molecule has 0 spiro atoms. The van der Waals surface area contributed by atoms with E-state index < -0.39 is 43.0 Å². The molecule has 6 N–H and O–H groups in total. The second-order valence-electron chi connectivity index (χ2n) is 4.50. The third-order valence-corrected chi connectivity index (χ3v) is 3.05. The maximum Gasteiger partial charge on any atom is 0.323 e. The molecule has 0 unspecified atom stereocenters. The highest BCUT2D eigenvalue weighted by Gasteiger charge is 2.36. The molecule has 0 bridgehead atoms. The summed E-state index contributed by atoms with van der Waals surface area (Å²) in [5.41, 5.74) is 5.44. The van der Waals surface area contributed by atoms with E-state index in [1.165, 1.54) is 0 Å². The van der Waals surface area contributed by atoms with Crippen molar-refractivity contribution in [3.05, 3.63) is 0 Å². The van der Waals surface area contributed by atoms with Gasteiger partial charge in [-0.25, -0.2) is 0 Å². The maximum absolute atomic E-state index is 11.8. The first-order valence-corrected chi connectivity index (χ1v) is 6.13. The highest BCUT2D eigenvalue weighted by atomic mass is 16.6. The van der Waals surface area contributed by atoms with Crippen molar-refractivity contribution in [2.24, 2.45) is 5.73 Å². The predicted molar refractivity (Wildman–Crippen MR) is 64.0 cm³/mol. The number of rotatable bonds is 7. The molecule has 1 rings (SSSR count). The lowest BCUT2D eigenvalue weighted by molar-refractivity contribution is -0.165. The van der Waals surface area contributed by atoms with E-state index in [1.54, 1.807) is 0 Å². The van der Waals surface area contributed by atoms with E-state index in [4.69, 9.17) is 15.6 Å². The smallest absolute Gasteiger partial charge is 0.323 e. The summed E-state index contributed by atoms with van der Waals surface area (Å²) in [6.07, 6.45) is -2.83. The molecule has 8 nitrogen and oxygen atoms in total. The summed E-state index contributed by atoms with van der Waals surface area (Å²) < 4.78 is 4.99. The summed E-state index contributed by atoms with van der Waals surface area (Å²) in [5.74, 6) is -0.635. The molecule has 8 heteroatoms. The maximum atomic E-state index is 11.8. The van der Waals surface area contributed by atoms with Gasteiger partial charge in [-0.1, -0.05) is 0 Å². The van der Waals surface area contributed by atoms with E-state index in [9.17, 15) is 19.8 Å². The summed E-state index contributed by atoms with van der Waals surface area (Å²) in [4.78, 5) is 22.5. The van der Waals surface area contributed by atoms with Gasteiger partial charge in [0.2, 0.25) is 0 Å². The van der Waals surface area contributed by atoms with Gasteiger partial charge in [0.15, 0.2) is 6.10 Å². The van der Waals surface area contributed by atoms with Crippen LogP contribution in [-0.4, -0.2) is 71.1 Å². The fraction of sp³-hybridized carbons (Fsp3) is 0.818. The zero-order valence-corrected chi connectivity index (χ0v) is 10.4. The molecule has 1 heterocycles. The lowest BCUT2D eigenvalue weighted by Gasteiger charge is -2.28. The molecular weight excluding hydrogens is 256 g/mol. The average Bonchev–Trinajstić information content (AvgIpc) is 2.96. The van der Waals surface area contributed by atoms with Gasteiger partial charge in [0.25, 0.3) is 0 Å². The Bertz CT molecular complexity index is 308. The van der Waals surface area contributed by atoms with Crippen LogP contribution in [0.25, 0.3) is 0 Å². The normalized spacial score (nSPS) is 25.4. The summed E-state index contributed by atoms with van der Waals surface area (Å²) in [6, 6.07) is -1.78. The van der Waals surface area contributed by atoms with Crippen molar-refractivity contribution in [3.63, 3.8) is 0 Å². The lowest BCUT2D eigenvalue weighted by atomic mass is 10.0. The van der Waals surface area contributed by atoms with Crippen molar-refractivity contribution in [2.45, 2.75) is 43.2 Å². The van der Waals surface area contributed by atoms with E-state index in [1.807, 2.05) is 0 Å². The van der Waals surface area contributed by atoms with Crippen LogP contribution in [0.4, 0.5) is 0 Å². The second-order valence-corrected chi connectivity index (χ2v) is 4.50. The van der Waals surface area contributed by atoms with Gasteiger partial charge in [-0.05, 0) is 19.4 Å². The summed E-state index contributed by atoms with van der Waals surface area (Å²) >= 11 is 0. The number of hydrogen-bond donors (Lipinski definition) is 5. The van der Waals surface area contributed by atoms with Gasteiger partial charge in [-0.3, -0.25) is 4.79 Å². The van der Waals surface area contributed by atoms with Crippen LogP contribution in [0.15, 0.2) is 0 Å². The number of nitrogens with two attached hydrogens (primary N) is 1. The number of carbonyl (C=O) groups is 2. The third kappa shape index (κ3) is 4.22. The monoisotopic (exact) mass is 276 g/mol. The minimum atomic E-state index is -1.63. The number of nitrogens with one attached hydrogen (secondary N) is 1. The first-order chi connectivity index (χ1) is 9.01. The van der Waals surface area contributed by atoms with Crippen LogP contribution in [0, 0.1) is 0 Å². The zero-order valence-electron chi connectivity index (χ0n) is 10.4. The molecule has 0 amide bonds. The highest BCUT2D eigenvalue weighted by molar-refractivity contribution is 5.76. The van der Waals surface area contributed by atoms with Crippen molar-refractivity contribution in [1.29, 1.82) is 0 Å². The number of aldehydes is 1. The van der Waals surface area contributed by atoms with Gasteiger partial charge < -0.3 is 35.9 Å². The van der Waals surface area contributed by atoms with E-state index >= 15 is 0 Å². The summed E-state index contributed by atoms with van der Waals surface area (Å²) in [7, 11) is 0. The Balaban J connectivity index is 2.68. The minimum absolute atomic E-state index is 0.313. The van der Waals surface area contributed by atoms with Crippen molar-refractivity contribution >= 4 is 12.3 Å². The first kappa shape index (κ1) is 16.0. The lowest BCUT2D eigenvalue weighted by Crippen LogP contribution is -2.53. The number of aliphatic hydroxyl groups excluding tert-OH is 3. The molecule has 0 aliphatic carbocycles. The van der Waals surface area contributed by atoms with Gasteiger partial charge in [0.1, 0.15) is 30.6 Å². The summed E-state index contributed by atoms with van der Waals surface area (Å²) in [5, 5.41) is 30.7. The predicted octanol–water partition coefficient (Wildman–Crippen LogP) is -3.11. The number of ether oxygens (including phenoxy) is 1. The third-order valence-electron chi connectivity index (χ3n) is 3.05. The van der Waals surface area contributed by atoms with Crippen molar-refractivity contribution < 1.29 is 29.6 Å². The zero-order chi connectivity index (χ0) is 14.4. The summed E-state index contributed by atoms with van der Waals surface area (Å²) in [6.45, 7) is -0.0472. The number of aliphatic hydroxyl groups is 3. The molecule has 1 fully saturated rings. The Morgan fingerprint density at radius 3 is 2.68 bits per heavy atom. The second kappa shape index (κ2) is 7.51. The molecule has 0 aromatic rings. The Kier molecular flexibility index (Phi) is 6.32. The molecule has 110 valence electrons. The molecule has 0 aromatic carbocycles. The van der Waals surface area contributed by atoms with Gasteiger partial charge in [0, 0.05) is 0 Å². The molecule has 5 atom stereocenters. The molecule has 0 saturated carbocycles. The van der Waals surface area contributed by atoms with Crippen molar-refractivity contribution in [3.8, 4) is 0 Å². The number of carbonyl (C=O) groups excluding carboxylic acids is 2. The van der Waals surface area contributed by atoms with Crippen LogP contribution in [-0.2, 0) is 14.3 Å². The molecular formula is C11H20N2O6. The van der Waals surface area contributed by atoms with Crippen molar-refractivity contribution in [2.75, 3.05) is 13.2 Å². The van der Waals surface area contributed by atoms with Gasteiger partial charge >= 0.3 is 5.97 Å². The standard InChI is InChI=1S/C11H20N2O6/c12-6(4-14)10(9(17)8(16)5-15)19-11(18)7-2-1-3-13-7/h4,6-10,13,15-17H,1-3,5,12H2/t6-,7-,8+,9-,10+/m0/s1. The largest absolute Gasteiger partial charge is 0.456 e. The quantitative estimate of drug-likeness (QED) is 0.243. The fourth-order valence-corrected chi connectivity index (χ4v) is 1.88. The van der Waals surface area contributed by atoms with Gasteiger partial charge in [-0.15, -0.1) is 0 Å². The van der Waals surface area contributed by atoms with Gasteiger partial charge in [-0.2, -0.15) is 0 Å². The van der Waals surface area contributed by atoms with Crippen LogP contribution in [0.3, 0.4) is 0 Å². The minimum Gasteiger partial charge on any atom is -0.456 e. The van der Waals surface area contributed by atoms with Crippen LogP contribution in [0.2, 0.25) is 0 Å².